The second-order valence-electron chi connectivity index (χ2n) is 4.34. The van der Waals surface area contributed by atoms with Crippen molar-refractivity contribution in [3.05, 3.63) is 40.6 Å². The third kappa shape index (κ3) is 3.28. The zero-order chi connectivity index (χ0) is 14.7. The van der Waals surface area contributed by atoms with E-state index < -0.39 is 0 Å². The maximum absolute atomic E-state index is 12.0. The van der Waals surface area contributed by atoms with Gasteiger partial charge in [-0.15, -0.1) is 11.3 Å². The molecule has 2 heterocycles. The van der Waals surface area contributed by atoms with Gasteiger partial charge in [0.15, 0.2) is 10.9 Å². The van der Waals surface area contributed by atoms with Crippen molar-refractivity contribution in [2.75, 3.05) is 12.4 Å². The number of Topliss-reactive ketones (excluding diaryl/α,β-unsaturated/α-hetero) is 1. The van der Waals surface area contributed by atoms with E-state index in [4.69, 9.17) is 4.74 Å². The second-order valence-corrected chi connectivity index (χ2v) is 6.25. The number of aromatic amines is 1. The van der Waals surface area contributed by atoms with Crippen molar-refractivity contribution >= 4 is 39.9 Å². The van der Waals surface area contributed by atoms with Crippen LogP contribution in [0.25, 0.3) is 11.0 Å². The van der Waals surface area contributed by atoms with E-state index in [9.17, 15) is 4.79 Å². The molecule has 0 bridgehead atoms. The molecule has 0 aliphatic carbocycles. The maximum atomic E-state index is 12.0. The highest BCUT2D eigenvalue weighted by Crippen LogP contribution is 2.24. The first-order valence-electron chi connectivity index (χ1n) is 6.58. The average molecular weight is 318 g/mol. The molecule has 0 fully saturated rings. The summed E-state index contributed by atoms with van der Waals surface area (Å²) >= 11 is 2.89. The van der Waals surface area contributed by atoms with Crippen LogP contribution in [0.5, 0.6) is 5.75 Å². The Morgan fingerprint density at radius 2 is 2.33 bits per heavy atom. The molecule has 0 amide bonds. The summed E-state index contributed by atoms with van der Waals surface area (Å²) in [5, 5.41) is 2.66. The van der Waals surface area contributed by atoms with E-state index >= 15 is 0 Å². The molecule has 0 saturated carbocycles. The molecular formula is C15H14N2O2S2. The summed E-state index contributed by atoms with van der Waals surface area (Å²) in [4.78, 5) is 20.4. The Hall–Kier alpha value is -1.79. The molecule has 3 rings (SSSR count). The monoisotopic (exact) mass is 318 g/mol. The molecule has 21 heavy (non-hydrogen) atoms. The van der Waals surface area contributed by atoms with Crippen molar-refractivity contribution in [1.82, 2.24) is 9.97 Å². The van der Waals surface area contributed by atoms with E-state index in [-0.39, 0.29) is 5.78 Å². The summed E-state index contributed by atoms with van der Waals surface area (Å²) < 4.78 is 5.46. The standard InChI is InChI=1S/C15H14N2O2S2/c1-2-19-10-5-6-11-12(8-10)17-15(16-11)21-9-13(18)14-4-3-7-20-14/h3-8H,2,9H2,1H3,(H,16,17). The number of carbonyl (C=O) groups excluding carboxylic acids is 1. The molecule has 0 unspecified atom stereocenters. The Morgan fingerprint density at radius 3 is 3.10 bits per heavy atom. The van der Waals surface area contributed by atoms with Crippen LogP contribution in [0.4, 0.5) is 0 Å². The molecule has 0 radical (unpaired) electrons. The molecule has 0 spiro atoms. The van der Waals surface area contributed by atoms with Gasteiger partial charge < -0.3 is 9.72 Å². The van der Waals surface area contributed by atoms with Gasteiger partial charge in [0.05, 0.1) is 28.3 Å². The molecule has 3 aromatic rings. The smallest absolute Gasteiger partial charge is 0.183 e. The fourth-order valence-corrected chi connectivity index (χ4v) is 3.46. The van der Waals surface area contributed by atoms with E-state index in [1.807, 2.05) is 42.6 Å². The van der Waals surface area contributed by atoms with Gasteiger partial charge in [-0.1, -0.05) is 17.8 Å². The number of imidazole rings is 1. The lowest BCUT2D eigenvalue weighted by molar-refractivity contribution is 0.102. The quantitative estimate of drug-likeness (QED) is 0.551. The normalized spacial score (nSPS) is 10.9. The van der Waals surface area contributed by atoms with E-state index in [1.165, 1.54) is 23.1 Å². The molecule has 1 N–H and O–H groups in total. The third-order valence-electron chi connectivity index (χ3n) is 2.88. The SMILES string of the molecule is CCOc1ccc2nc(SCC(=O)c3cccs3)[nH]c2c1. The number of H-pyrrole nitrogens is 1. The number of carbonyl (C=O) groups is 1. The number of nitrogens with zero attached hydrogens (tertiary/aromatic N) is 1. The lowest BCUT2D eigenvalue weighted by Gasteiger charge is -2.00. The summed E-state index contributed by atoms with van der Waals surface area (Å²) in [7, 11) is 0. The van der Waals surface area contributed by atoms with E-state index in [0.717, 1.165) is 26.8 Å². The van der Waals surface area contributed by atoms with Crippen LogP contribution >= 0.6 is 23.1 Å². The summed E-state index contributed by atoms with van der Waals surface area (Å²) in [5.41, 5.74) is 1.80. The first-order chi connectivity index (χ1) is 10.3. The number of benzene rings is 1. The number of thioether (sulfide) groups is 1. The Kier molecular flexibility index (Phi) is 4.26. The molecular weight excluding hydrogens is 304 g/mol. The van der Waals surface area contributed by atoms with Crippen LogP contribution in [-0.2, 0) is 0 Å². The van der Waals surface area contributed by atoms with Gasteiger partial charge in [0.25, 0.3) is 0 Å². The third-order valence-corrected chi connectivity index (χ3v) is 4.66. The zero-order valence-corrected chi connectivity index (χ0v) is 13.1. The number of thiophene rings is 1. The summed E-state index contributed by atoms with van der Waals surface area (Å²) in [5.74, 6) is 1.34. The molecule has 4 nitrogen and oxygen atoms in total. The predicted octanol–water partition coefficient (Wildman–Crippen LogP) is 4.00. The fourth-order valence-electron chi connectivity index (χ4n) is 1.93. The van der Waals surface area contributed by atoms with Gasteiger partial charge in [0, 0.05) is 6.07 Å². The molecule has 0 aliphatic rings. The van der Waals surface area contributed by atoms with E-state index in [0.29, 0.717) is 12.4 Å². The largest absolute Gasteiger partial charge is 0.494 e. The Bertz CT molecular complexity index is 750. The summed E-state index contributed by atoms with van der Waals surface area (Å²) in [6.07, 6.45) is 0. The van der Waals surface area contributed by atoms with Crippen LogP contribution in [0.3, 0.4) is 0 Å². The van der Waals surface area contributed by atoms with Gasteiger partial charge in [-0.2, -0.15) is 0 Å². The number of hydrogen-bond donors (Lipinski definition) is 1. The predicted molar refractivity (Wildman–Crippen MR) is 86.6 cm³/mol. The number of nitrogens with one attached hydrogen (secondary N) is 1. The van der Waals surface area contributed by atoms with E-state index in [1.54, 1.807) is 0 Å². The maximum Gasteiger partial charge on any atom is 0.183 e. The van der Waals surface area contributed by atoms with Crippen LogP contribution in [-0.4, -0.2) is 28.1 Å². The number of hydrogen-bond acceptors (Lipinski definition) is 5. The molecule has 6 heteroatoms. The van der Waals surface area contributed by atoms with Gasteiger partial charge >= 0.3 is 0 Å². The zero-order valence-electron chi connectivity index (χ0n) is 11.5. The second kappa shape index (κ2) is 6.32. The van der Waals surface area contributed by atoms with Crippen LogP contribution in [0.15, 0.2) is 40.9 Å². The van der Waals surface area contributed by atoms with Crippen molar-refractivity contribution in [2.24, 2.45) is 0 Å². The number of fused-ring (bicyclic) bond motifs is 1. The van der Waals surface area contributed by atoms with E-state index in [2.05, 4.69) is 9.97 Å². The minimum atomic E-state index is 0.130. The van der Waals surface area contributed by atoms with Crippen LogP contribution in [0.1, 0.15) is 16.6 Å². The minimum Gasteiger partial charge on any atom is -0.494 e. The average Bonchev–Trinajstić information content (AvgIpc) is 3.13. The van der Waals surface area contributed by atoms with Gasteiger partial charge in [-0.05, 0) is 30.5 Å². The Morgan fingerprint density at radius 1 is 1.43 bits per heavy atom. The molecule has 108 valence electrons. The number of ketones is 1. The molecule has 1 aromatic carbocycles. The Balaban J connectivity index is 1.71. The highest BCUT2D eigenvalue weighted by molar-refractivity contribution is 7.99. The molecule has 0 atom stereocenters. The Labute approximate surface area is 130 Å². The highest BCUT2D eigenvalue weighted by atomic mass is 32.2. The van der Waals surface area contributed by atoms with Gasteiger partial charge in [0.1, 0.15) is 5.75 Å². The first-order valence-corrected chi connectivity index (χ1v) is 8.45. The molecule has 0 saturated heterocycles. The van der Waals surface area contributed by atoms with Crippen LogP contribution < -0.4 is 4.74 Å². The number of aromatic nitrogens is 2. The molecule has 0 aliphatic heterocycles. The van der Waals surface area contributed by atoms with Gasteiger partial charge in [0.2, 0.25) is 0 Å². The lowest BCUT2D eigenvalue weighted by Crippen LogP contribution is -1.99. The topological polar surface area (TPSA) is 55.0 Å². The van der Waals surface area contributed by atoms with Crippen LogP contribution in [0.2, 0.25) is 0 Å². The fraction of sp³-hybridized carbons (Fsp3) is 0.200. The lowest BCUT2D eigenvalue weighted by atomic mass is 10.3. The summed E-state index contributed by atoms with van der Waals surface area (Å²) in [6, 6.07) is 9.48. The van der Waals surface area contributed by atoms with Crippen molar-refractivity contribution < 1.29 is 9.53 Å². The van der Waals surface area contributed by atoms with Gasteiger partial charge in [-0.25, -0.2) is 4.98 Å². The van der Waals surface area contributed by atoms with Crippen molar-refractivity contribution in [3.8, 4) is 5.75 Å². The highest BCUT2D eigenvalue weighted by Gasteiger charge is 2.10. The molecule has 2 aromatic heterocycles. The van der Waals surface area contributed by atoms with Gasteiger partial charge in [-0.3, -0.25) is 4.79 Å². The van der Waals surface area contributed by atoms with Crippen molar-refractivity contribution in [1.29, 1.82) is 0 Å². The first kappa shape index (κ1) is 14.2. The number of ether oxygens (including phenoxy) is 1. The number of rotatable bonds is 6. The summed E-state index contributed by atoms with van der Waals surface area (Å²) in [6.45, 7) is 2.59. The van der Waals surface area contributed by atoms with Crippen molar-refractivity contribution in [2.45, 2.75) is 12.1 Å². The minimum absolute atomic E-state index is 0.130. The van der Waals surface area contributed by atoms with Crippen molar-refractivity contribution in [3.63, 3.8) is 0 Å². The van der Waals surface area contributed by atoms with Crippen LogP contribution in [0, 0.1) is 0 Å².